The van der Waals surface area contributed by atoms with Crippen molar-refractivity contribution < 1.29 is 4.79 Å². The lowest BCUT2D eigenvalue weighted by Gasteiger charge is -2.30. The standard InChI is InChI=1S/C15H23N3O/c1-2-18(12-14-8-4-6-10-17-14)15(19)11-13-7-3-5-9-16-13/h3,5,7,9,14,17H,2,4,6,8,10-12H2,1H3. The number of pyridine rings is 1. The Morgan fingerprint density at radius 2 is 2.37 bits per heavy atom. The van der Waals surface area contributed by atoms with Crippen LogP contribution in [0.3, 0.4) is 0 Å². The number of carbonyl (C=O) groups excluding carboxylic acids is 1. The van der Waals surface area contributed by atoms with Gasteiger partial charge >= 0.3 is 0 Å². The van der Waals surface area contributed by atoms with E-state index in [1.807, 2.05) is 30.0 Å². The van der Waals surface area contributed by atoms with Gasteiger partial charge in [-0.3, -0.25) is 9.78 Å². The zero-order valence-corrected chi connectivity index (χ0v) is 11.6. The molecule has 1 aliphatic heterocycles. The van der Waals surface area contributed by atoms with E-state index < -0.39 is 0 Å². The molecule has 104 valence electrons. The van der Waals surface area contributed by atoms with Crippen LogP contribution in [0.5, 0.6) is 0 Å². The molecule has 0 bridgehead atoms. The second-order valence-electron chi connectivity index (χ2n) is 5.08. The van der Waals surface area contributed by atoms with Crippen LogP contribution in [0, 0.1) is 0 Å². The van der Waals surface area contributed by atoms with Gasteiger partial charge in [0.15, 0.2) is 0 Å². The third-order valence-electron chi connectivity index (χ3n) is 3.65. The van der Waals surface area contributed by atoms with Crippen LogP contribution in [0.2, 0.25) is 0 Å². The zero-order valence-electron chi connectivity index (χ0n) is 11.6. The number of hydrogen-bond donors (Lipinski definition) is 1. The Labute approximate surface area is 115 Å². The quantitative estimate of drug-likeness (QED) is 0.876. The molecule has 1 amide bonds. The molecule has 1 aliphatic rings. The van der Waals surface area contributed by atoms with Crippen molar-refractivity contribution in [1.29, 1.82) is 0 Å². The van der Waals surface area contributed by atoms with E-state index >= 15 is 0 Å². The minimum absolute atomic E-state index is 0.175. The first-order valence-corrected chi connectivity index (χ1v) is 7.20. The highest BCUT2D eigenvalue weighted by molar-refractivity contribution is 5.78. The minimum Gasteiger partial charge on any atom is -0.341 e. The van der Waals surface area contributed by atoms with Gasteiger partial charge in [-0.1, -0.05) is 12.5 Å². The van der Waals surface area contributed by atoms with Crippen molar-refractivity contribution in [3.8, 4) is 0 Å². The Kier molecular flexibility index (Phi) is 5.33. The van der Waals surface area contributed by atoms with Gasteiger partial charge in [0.2, 0.25) is 5.91 Å². The Morgan fingerprint density at radius 3 is 3.00 bits per heavy atom. The molecule has 19 heavy (non-hydrogen) atoms. The van der Waals surface area contributed by atoms with Crippen molar-refractivity contribution in [2.45, 2.75) is 38.6 Å². The van der Waals surface area contributed by atoms with Crippen LogP contribution in [0.4, 0.5) is 0 Å². The molecule has 1 N–H and O–H groups in total. The predicted molar refractivity (Wildman–Crippen MR) is 75.8 cm³/mol. The molecule has 2 heterocycles. The molecule has 0 aromatic carbocycles. The maximum Gasteiger partial charge on any atom is 0.228 e. The third kappa shape index (κ3) is 4.31. The fourth-order valence-corrected chi connectivity index (χ4v) is 2.52. The number of carbonyl (C=O) groups is 1. The van der Waals surface area contributed by atoms with Gasteiger partial charge < -0.3 is 10.2 Å². The van der Waals surface area contributed by atoms with Crippen LogP contribution >= 0.6 is 0 Å². The molecule has 1 aromatic rings. The molecular formula is C15H23N3O. The maximum atomic E-state index is 12.3. The van der Waals surface area contributed by atoms with Crippen molar-refractivity contribution in [2.24, 2.45) is 0 Å². The molecule has 0 saturated carbocycles. The highest BCUT2D eigenvalue weighted by Crippen LogP contribution is 2.09. The summed E-state index contributed by atoms with van der Waals surface area (Å²) in [5.41, 5.74) is 0.850. The molecule has 4 heteroatoms. The van der Waals surface area contributed by atoms with Gasteiger partial charge in [0, 0.05) is 31.0 Å². The summed E-state index contributed by atoms with van der Waals surface area (Å²) in [5, 5.41) is 3.49. The first-order chi connectivity index (χ1) is 9.29. The van der Waals surface area contributed by atoms with Crippen LogP contribution in [0.1, 0.15) is 31.9 Å². The highest BCUT2D eigenvalue weighted by atomic mass is 16.2. The molecule has 1 aromatic heterocycles. The van der Waals surface area contributed by atoms with Crippen molar-refractivity contribution in [3.05, 3.63) is 30.1 Å². The number of rotatable bonds is 5. The van der Waals surface area contributed by atoms with Crippen LogP contribution in [0.15, 0.2) is 24.4 Å². The van der Waals surface area contributed by atoms with Gasteiger partial charge in [-0.25, -0.2) is 0 Å². The van der Waals surface area contributed by atoms with Crippen LogP contribution in [0.25, 0.3) is 0 Å². The molecule has 1 fully saturated rings. The number of piperidine rings is 1. The van der Waals surface area contributed by atoms with Crippen LogP contribution in [-0.2, 0) is 11.2 Å². The third-order valence-corrected chi connectivity index (χ3v) is 3.65. The lowest BCUT2D eigenvalue weighted by atomic mass is 10.0. The van der Waals surface area contributed by atoms with Gasteiger partial charge in [0.05, 0.1) is 6.42 Å². The second-order valence-corrected chi connectivity index (χ2v) is 5.08. The van der Waals surface area contributed by atoms with Crippen molar-refractivity contribution >= 4 is 5.91 Å². The van der Waals surface area contributed by atoms with Gasteiger partial charge in [0.1, 0.15) is 0 Å². The lowest BCUT2D eigenvalue weighted by molar-refractivity contribution is -0.130. The van der Waals surface area contributed by atoms with E-state index in [9.17, 15) is 4.79 Å². The van der Waals surface area contributed by atoms with Gasteiger partial charge in [-0.15, -0.1) is 0 Å². The number of aromatic nitrogens is 1. The molecule has 4 nitrogen and oxygen atoms in total. The maximum absolute atomic E-state index is 12.3. The Balaban J connectivity index is 1.87. The van der Waals surface area contributed by atoms with E-state index in [0.717, 1.165) is 25.3 Å². The lowest BCUT2D eigenvalue weighted by Crippen LogP contribution is -2.46. The van der Waals surface area contributed by atoms with E-state index in [4.69, 9.17) is 0 Å². The summed E-state index contributed by atoms with van der Waals surface area (Å²) in [7, 11) is 0. The van der Waals surface area contributed by atoms with Crippen LogP contribution in [-0.4, -0.2) is 41.5 Å². The Morgan fingerprint density at radius 1 is 1.47 bits per heavy atom. The average molecular weight is 261 g/mol. The van der Waals surface area contributed by atoms with Crippen LogP contribution < -0.4 is 5.32 Å². The summed E-state index contributed by atoms with van der Waals surface area (Å²) in [6, 6.07) is 6.16. The predicted octanol–water partition coefficient (Wildman–Crippen LogP) is 1.61. The summed E-state index contributed by atoms with van der Waals surface area (Å²) in [4.78, 5) is 18.4. The molecular weight excluding hydrogens is 238 g/mol. The highest BCUT2D eigenvalue weighted by Gasteiger charge is 2.19. The van der Waals surface area contributed by atoms with E-state index in [2.05, 4.69) is 10.3 Å². The number of nitrogens with one attached hydrogen (secondary N) is 1. The first-order valence-electron chi connectivity index (χ1n) is 7.20. The number of amides is 1. The summed E-state index contributed by atoms with van der Waals surface area (Å²) in [6.07, 6.45) is 5.84. The van der Waals surface area contributed by atoms with Crippen molar-refractivity contribution in [1.82, 2.24) is 15.2 Å². The van der Waals surface area contributed by atoms with Crippen molar-refractivity contribution in [3.63, 3.8) is 0 Å². The second kappa shape index (κ2) is 7.24. The summed E-state index contributed by atoms with van der Waals surface area (Å²) >= 11 is 0. The average Bonchev–Trinajstić information content (AvgIpc) is 2.47. The fraction of sp³-hybridized carbons (Fsp3) is 0.600. The number of likely N-dealkylation sites (N-methyl/N-ethyl adjacent to an activating group) is 1. The summed E-state index contributed by atoms with van der Waals surface area (Å²) in [6.45, 7) is 4.71. The minimum atomic E-state index is 0.175. The molecule has 1 saturated heterocycles. The SMILES string of the molecule is CCN(CC1CCCCN1)C(=O)Cc1ccccn1. The van der Waals surface area contributed by atoms with Gasteiger partial charge in [0.25, 0.3) is 0 Å². The molecule has 1 unspecified atom stereocenters. The normalized spacial score (nSPS) is 19.1. The summed E-state index contributed by atoms with van der Waals surface area (Å²) < 4.78 is 0. The number of hydrogen-bond acceptors (Lipinski definition) is 3. The molecule has 0 aliphatic carbocycles. The first kappa shape index (κ1) is 14.0. The van der Waals surface area contributed by atoms with E-state index in [1.165, 1.54) is 19.3 Å². The monoisotopic (exact) mass is 261 g/mol. The van der Waals surface area contributed by atoms with Gasteiger partial charge in [-0.05, 0) is 38.4 Å². The zero-order chi connectivity index (χ0) is 13.5. The smallest absolute Gasteiger partial charge is 0.228 e. The van der Waals surface area contributed by atoms with Gasteiger partial charge in [-0.2, -0.15) is 0 Å². The van der Waals surface area contributed by atoms with E-state index in [1.54, 1.807) is 6.20 Å². The van der Waals surface area contributed by atoms with E-state index in [0.29, 0.717) is 12.5 Å². The molecule has 1 atom stereocenters. The fourth-order valence-electron chi connectivity index (χ4n) is 2.52. The topological polar surface area (TPSA) is 45.2 Å². The largest absolute Gasteiger partial charge is 0.341 e. The van der Waals surface area contributed by atoms with E-state index in [-0.39, 0.29) is 5.91 Å². The van der Waals surface area contributed by atoms with Crippen molar-refractivity contribution in [2.75, 3.05) is 19.6 Å². The molecule has 0 radical (unpaired) electrons. The Hall–Kier alpha value is -1.42. The molecule has 2 rings (SSSR count). The Bertz CT molecular complexity index is 388. The summed E-state index contributed by atoms with van der Waals surface area (Å²) in [5.74, 6) is 0.175. The molecule has 0 spiro atoms. The number of nitrogens with zero attached hydrogens (tertiary/aromatic N) is 2.